The molecule has 1 aliphatic rings. The number of ether oxygens (including phenoxy) is 2. The van der Waals surface area contributed by atoms with Gasteiger partial charge in [0.15, 0.2) is 11.5 Å². The van der Waals surface area contributed by atoms with E-state index in [1.54, 1.807) is 24.3 Å². The van der Waals surface area contributed by atoms with Crippen molar-refractivity contribution in [2.24, 2.45) is 0 Å². The Kier molecular flexibility index (Phi) is 7.00. The largest absolute Gasteiger partial charge is 0.493 e. The number of thioether (sulfide) groups is 1. The molecule has 0 bridgehead atoms. The average molecular weight is 435 g/mol. The molecule has 0 saturated carbocycles. The normalized spacial score (nSPS) is 13.5. The van der Waals surface area contributed by atoms with Crippen LogP contribution in [0, 0.1) is 0 Å². The van der Waals surface area contributed by atoms with E-state index in [1.165, 1.54) is 7.11 Å². The lowest BCUT2D eigenvalue weighted by Crippen LogP contribution is -2.37. The van der Waals surface area contributed by atoms with E-state index in [-0.39, 0.29) is 42.5 Å². The van der Waals surface area contributed by atoms with Crippen LogP contribution in [0.5, 0.6) is 11.5 Å². The molecule has 3 amide bonds. The molecular weight excluding hydrogens is 416 g/mol. The number of halogens is 1. The summed E-state index contributed by atoms with van der Waals surface area (Å²) in [6.07, 6.45) is 0. The number of carbonyl (C=O) groups excluding carboxylic acids is 3. The zero-order chi connectivity index (χ0) is 20.8. The highest BCUT2D eigenvalue weighted by Gasteiger charge is 2.29. The Morgan fingerprint density at radius 2 is 2.00 bits per heavy atom. The van der Waals surface area contributed by atoms with E-state index in [0.717, 1.165) is 22.2 Å². The third-order valence-electron chi connectivity index (χ3n) is 4.23. The minimum absolute atomic E-state index is 0.145. The maximum atomic E-state index is 12.4. The Morgan fingerprint density at radius 1 is 1.21 bits per heavy atom. The molecule has 0 aromatic heterocycles. The second-order valence-corrected chi connectivity index (χ2v) is 7.44. The van der Waals surface area contributed by atoms with Crippen molar-refractivity contribution in [3.8, 4) is 11.5 Å². The van der Waals surface area contributed by atoms with E-state index < -0.39 is 0 Å². The highest BCUT2D eigenvalue weighted by atomic mass is 35.5. The van der Waals surface area contributed by atoms with Crippen LogP contribution in [0.15, 0.2) is 42.5 Å². The molecule has 1 fully saturated rings. The quantitative estimate of drug-likeness (QED) is 0.685. The van der Waals surface area contributed by atoms with E-state index >= 15 is 0 Å². The van der Waals surface area contributed by atoms with Crippen molar-refractivity contribution in [1.29, 1.82) is 0 Å². The first-order chi connectivity index (χ1) is 14.0. The van der Waals surface area contributed by atoms with Gasteiger partial charge in [0.25, 0.3) is 11.1 Å². The number of nitrogens with zero attached hydrogens (tertiary/aromatic N) is 1. The molecule has 0 atom stereocenters. The van der Waals surface area contributed by atoms with Gasteiger partial charge in [-0.25, -0.2) is 0 Å². The second kappa shape index (κ2) is 9.67. The Morgan fingerprint density at radius 3 is 2.69 bits per heavy atom. The van der Waals surface area contributed by atoms with Gasteiger partial charge in [-0.15, -0.1) is 0 Å². The molecule has 0 spiro atoms. The molecule has 2 aromatic rings. The van der Waals surface area contributed by atoms with Gasteiger partial charge in [-0.1, -0.05) is 41.6 Å². The van der Waals surface area contributed by atoms with Gasteiger partial charge in [0.05, 0.1) is 12.9 Å². The molecule has 0 aliphatic carbocycles. The monoisotopic (exact) mass is 434 g/mol. The lowest BCUT2D eigenvalue weighted by atomic mass is 10.2. The maximum Gasteiger partial charge on any atom is 0.288 e. The van der Waals surface area contributed by atoms with Crippen molar-refractivity contribution in [3.05, 3.63) is 58.6 Å². The molecule has 2 aromatic carbocycles. The van der Waals surface area contributed by atoms with Crippen LogP contribution < -0.4 is 14.8 Å². The Labute approximate surface area is 177 Å². The molecule has 9 heteroatoms. The highest BCUT2D eigenvalue weighted by molar-refractivity contribution is 8.14. The van der Waals surface area contributed by atoms with Crippen LogP contribution in [-0.4, -0.2) is 47.9 Å². The van der Waals surface area contributed by atoms with Crippen molar-refractivity contribution in [2.75, 3.05) is 26.0 Å². The minimum atomic E-state index is -0.340. The van der Waals surface area contributed by atoms with Crippen LogP contribution in [0.25, 0.3) is 0 Å². The molecule has 7 nitrogen and oxygen atoms in total. The Balaban J connectivity index is 1.58. The van der Waals surface area contributed by atoms with Crippen molar-refractivity contribution in [1.82, 2.24) is 10.2 Å². The second-order valence-electron chi connectivity index (χ2n) is 6.10. The van der Waals surface area contributed by atoms with E-state index in [1.807, 2.05) is 18.2 Å². The molecule has 1 N–H and O–H groups in total. The fraction of sp³-hybridized carbons (Fsp3) is 0.250. The molecule has 1 aliphatic heterocycles. The molecule has 0 unspecified atom stereocenters. The summed E-state index contributed by atoms with van der Waals surface area (Å²) in [5.74, 6) is 0.462. The number of carbonyl (C=O) groups is 3. The number of rotatable bonds is 8. The lowest BCUT2D eigenvalue weighted by Gasteiger charge is -2.14. The zero-order valence-electron chi connectivity index (χ0n) is 15.6. The molecule has 0 radical (unpaired) electrons. The maximum absolute atomic E-state index is 12.4. The number of amides is 3. The van der Waals surface area contributed by atoms with Gasteiger partial charge in [0, 0.05) is 29.2 Å². The van der Waals surface area contributed by atoms with Crippen LogP contribution >= 0.6 is 23.4 Å². The summed E-state index contributed by atoms with van der Waals surface area (Å²) in [4.78, 5) is 36.6. The molecule has 1 saturated heterocycles. The van der Waals surface area contributed by atoms with Gasteiger partial charge >= 0.3 is 0 Å². The summed E-state index contributed by atoms with van der Waals surface area (Å²) < 4.78 is 11.1. The minimum Gasteiger partial charge on any atom is -0.493 e. The van der Waals surface area contributed by atoms with E-state index in [4.69, 9.17) is 21.1 Å². The third kappa shape index (κ3) is 5.21. The Hall–Kier alpha value is -2.71. The summed E-state index contributed by atoms with van der Waals surface area (Å²) in [5.41, 5.74) is 1.21. The van der Waals surface area contributed by atoms with Crippen LogP contribution in [0.3, 0.4) is 0 Å². The number of hydrogen-bond donors (Lipinski definition) is 1. The average Bonchev–Trinajstić information content (AvgIpc) is 3.05. The first kappa shape index (κ1) is 21.0. The summed E-state index contributed by atoms with van der Waals surface area (Å²) in [7, 11) is 1.49. The molecule has 1 heterocycles. The predicted octanol–water partition coefficient (Wildman–Crippen LogP) is 3.35. The fourth-order valence-corrected chi connectivity index (χ4v) is 3.62. The van der Waals surface area contributed by atoms with E-state index in [2.05, 4.69) is 5.32 Å². The number of imide groups is 1. The van der Waals surface area contributed by atoms with Crippen LogP contribution in [0.1, 0.15) is 15.9 Å². The number of hydrogen-bond acceptors (Lipinski definition) is 6. The smallest absolute Gasteiger partial charge is 0.288 e. The van der Waals surface area contributed by atoms with Gasteiger partial charge in [0.1, 0.15) is 6.61 Å². The molecule has 3 rings (SSSR count). The summed E-state index contributed by atoms with van der Waals surface area (Å²) in [5, 5.41) is 3.02. The number of benzene rings is 2. The van der Waals surface area contributed by atoms with Crippen molar-refractivity contribution in [3.63, 3.8) is 0 Å². The molecule has 29 heavy (non-hydrogen) atoms. The third-order valence-corrected chi connectivity index (χ3v) is 5.46. The van der Waals surface area contributed by atoms with E-state index in [9.17, 15) is 14.4 Å². The standard InChI is InChI=1S/C20H19ClN2O5S/c1-27-17-10-13(19(25)22-8-9-23-18(24)12-29-20(23)26)6-7-16(17)28-11-14-4-2-3-5-15(14)21/h2-7,10H,8-9,11-12H2,1H3,(H,22,25). The lowest BCUT2D eigenvalue weighted by molar-refractivity contribution is -0.124. The summed E-state index contributed by atoms with van der Waals surface area (Å²) in [6.45, 7) is 0.577. The van der Waals surface area contributed by atoms with Gasteiger partial charge in [-0.3, -0.25) is 19.3 Å². The first-order valence-corrected chi connectivity index (χ1v) is 10.2. The highest BCUT2D eigenvalue weighted by Crippen LogP contribution is 2.29. The zero-order valence-corrected chi connectivity index (χ0v) is 17.2. The van der Waals surface area contributed by atoms with Crippen molar-refractivity contribution < 1.29 is 23.9 Å². The van der Waals surface area contributed by atoms with Gasteiger partial charge in [-0.05, 0) is 24.3 Å². The van der Waals surface area contributed by atoms with Crippen molar-refractivity contribution in [2.45, 2.75) is 6.61 Å². The predicted molar refractivity (Wildman–Crippen MR) is 111 cm³/mol. The van der Waals surface area contributed by atoms with Gasteiger partial charge < -0.3 is 14.8 Å². The Bertz CT molecular complexity index is 921. The summed E-state index contributed by atoms with van der Waals surface area (Å²) >= 11 is 7.10. The topological polar surface area (TPSA) is 84.9 Å². The van der Waals surface area contributed by atoms with Gasteiger partial charge in [0.2, 0.25) is 5.91 Å². The SMILES string of the molecule is COc1cc(C(=O)NCCN2C(=O)CSC2=O)ccc1OCc1ccccc1Cl. The summed E-state index contributed by atoms with van der Waals surface area (Å²) in [6, 6.07) is 12.2. The van der Waals surface area contributed by atoms with Crippen LogP contribution in [0.4, 0.5) is 4.79 Å². The van der Waals surface area contributed by atoms with Gasteiger partial charge in [-0.2, -0.15) is 0 Å². The van der Waals surface area contributed by atoms with Crippen molar-refractivity contribution >= 4 is 40.4 Å². The fourth-order valence-electron chi connectivity index (χ4n) is 2.68. The van der Waals surface area contributed by atoms with Crippen LogP contribution in [0.2, 0.25) is 5.02 Å². The van der Waals surface area contributed by atoms with Crippen LogP contribution in [-0.2, 0) is 11.4 Å². The number of methoxy groups -OCH3 is 1. The van der Waals surface area contributed by atoms with E-state index in [0.29, 0.717) is 22.1 Å². The number of nitrogens with one attached hydrogen (secondary N) is 1. The molecule has 152 valence electrons. The molecular formula is C20H19ClN2O5S. The first-order valence-electron chi connectivity index (χ1n) is 8.79.